The number of hydrogen-bond donors (Lipinski definition) is 0. The molecule has 1 aromatic rings. The topological polar surface area (TPSA) is 12.5 Å². The van der Waals surface area contributed by atoms with Crippen molar-refractivity contribution in [3.8, 4) is 0 Å². The van der Waals surface area contributed by atoms with E-state index in [1.165, 1.54) is 57.9 Å². The zero-order valence-electron chi connectivity index (χ0n) is 13.0. The number of ether oxygens (including phenoxy) is 1. The zero-order valence-corrected chi connectivity index (χ0v) is 13.0. The SMILES string of the molecule is c1ccc2c(c1)CCN(C1CCCCO1)C2C1CCCC1. The van der Waals surface area contributed by atoms with Gasteiger partial charge in [0.15, 0.2) is 0 Å². The number of hydrogen-bond acceptors (Lipinski definition) is 2. The van der Waals surface area contributed by atoms with E-state index in [-0.39, 0.29) is 0 Å². The molecule has 0 spiro atoms. The highest BCUT2D eigenvalue weighted by molar-refractivity contribution is 5.33. The molecule has 21 heavy (non-hydrogen) atoms. The van der Waals surface area contributed by atoms with Crippen molar-refractivity contribution < 1.29 is 4.74 Å². The maximum Gasteiger partial charge on any atom is 0.111 e. The predicted molar refractivity (Wildman–Crippen MR) is 85.1 cm³/mol. The van der Waals surface area contributed by atoms with E-state index in [1.54, 1.807) is 11.1 Å². The van der Waals surface area contributed by atoms with Crippen LogP contribution in [-0.4, -0.2) is 24.3 Å². The van der Waals surface area contributed by atoms with Crippen LogP contribution in [0.4, 0.5) is 0 Å². The van der Waals surface area contributed by atoms with E-state index in [9.17, 15) is 0 Å². The molecule has 2 heterocycles. The minimum Gasteiger partial charge on any atom is -0.363 e. The first-order chi connectivity index (χ1) is 10.4. The Morgan fingerprint density at radius 1 is 0.952 bits per heavy atom. The second-order valence-corrected chi connectivity index (χ2v) is 7.00. The average molecular weight is 285 g/mol. The largest absolute Gasteiger partial charge is 0.363 e. The van der Waals surface area contributed by atoms with Crippen LogP contribution in [0.1, 0.15) is 62.1 Å². The smallest absolute Gasteiger partial charge is 0.111 e. The van der Waals surface area contributed by atoms with Gasteiger partial charge in [0.2, 0.25) is 0 Å². The van der Waals surface area contributed by atoms with E-state index in [2.05, 4.69) is 29.2 Å². The lowest BCUT2D eigenvalue weighted by atomic mass is 9.83. The minimum atomic E-state index is 0.373. The highest BCUT2D eigenvalue weighted by Crippen LogP contribution is 2.44. The predicted octanol–water partition coefficient (Wildman–Crippen LogP) is 4.30. The molecule has 1 saturated heterocycles. The molecule has 2 heteroatoms. The summed E-state index contributed by atoms with van der Waals surface area (Å²) in [7, 11) is 0. The zero-order chi connectivity index (χ0) is 14.1. The lowest BCUT2D eigenvalue weighted by molar-refractivity contribution is -0.115. The molecule has 114 valence electrons. The summed E-state index contributed by atoms with van der Waals surface area (Å²) < 4.78 is 6.15. The van der Waals surface area contributed by atoms with Crippen molar-refractivity contribution in [1.82, 2.24) is 4.90 Å². The molecule has 1 aliphatic carbocycles. The fourth-order valence-corrected chi connectivity index (χ4v) is 4.72. The second kappa shape index (κ2) is 6.10. The molecule has 0 amide bonds. The van der Waals surface area contributed by atoms with E-state index >= 15 is 0 Å². The van der Waals surface area contributed by atoms with Gasteiger partial charge in [-0.15, -0.1) is 0 Å². The van der Waals surface area contributed by atoms with Crippen LogP contribution in [0.3, 0.4) is 0 Å². The Morgan fingerprint density at radius 2 is 1.76 bits per heavy atom. The van der Waals surface area contributed by atoms with Gasteiger partial charge in [0.1, 0.15) is 6.23 Å². The number of rotatable bonds is 2. The van der Waals surface area contributed by atoms with E-state index in [0.717, 1.165) is 12.5 Å². The van der Waals surface area contributed by atoms with Crippen molar-refractivity contribution in [2.45, 2.75) is 63.6 Å². The first kappa shape index (κ1) is 13.8. The molecular formula is C19H27NO. The van der Waals surface area contributed by atoms with Gasteiger partial charge in [0.05, 0.1) is 0 Å². The van der Waals surface area contributed by atoms with Crippen molar-refractivity contribution in [3.63, 3.8) is 0 Å². The Kier molecular flexibility index (Phi) is 4.00. The van der Waals surface area contributed by atoms with Gasteiger partial charge in [-0.3, -0.25) is 4.90 Å². The summed E-state index contributed by atoms with van der Waals surface area (Å²) in [5.74, 6) is 0.844. The third kappa shape index (κ3) is 2.64. The number of nitrogens with zero attached hydrogens (tertiary/aromatic N) is 1. The highest BCUT2D eigenvalue weighted by Gasteiger charge is 2.38. The molecule has 2 aliphatic heterocycles. The summed E-state index contributed by atoms with van der Waals surface area (Å²) in [5.41, 5.74) is 3.19. The molecule has 1 saturated carbocycles. The summed E-state index contributed by atoms with van der Waals surface area (Å²) in [5, 5.41) is 0. The van der Waals surface area contributed by atoms with E-state index < -0.39 is 0 Å². The third-order valence-electron chi connectivity index (χ3n) is 5.74. The van der Waals surface area contributed by atoms with E-state index in [0.29, 0.717) is 12.3 Å². The molecule has 0 N–H and O–H groups in total. The van der Waals surface area contributed by atoms with Gasteiger partial charge in [0, 0.05) is 19.2 Å². The van der Waals surface area contributed by atoms with Crippen LogP contribution in [-0.2, 0) is 11.2 Å². The summed E-state index contributed by atoms with van der Waals surface area (Å²) in [6.07, 6.45) is 11.0. The summed E-state index contributed by atoms with van der Waals surface area (Å²) in [4.78, 5) is 2.72. The van der Waals surface area contributed by atoms with E-state index in [1.807, 2.05) is 0 Å². The Balaban J connectivity index is 1.66. The van der Waals surface area contributed by atoms with Crippen molar-refractivity contribution in [1.29, 1.82) is 0 Å². The van der Waals surface area contributed by atoms with Crippen LogP contribution in [0.15, 0.2) is 24.3 Å². The summed E-state index contributed by atoms with van der Waals surface area (Å²) in [6, 6.07) is 9.77. The molecule has 0 radical (unpaired) electrons. The molecule has 2 nitrogen and oxygen atoms in total. The Hall–Kier alpha value is -0.860. The summed E-state index contributed by atoms with van der Waals surface area (Å²) in [6.45, 7) is 2.14. The number of fused-ring (bicyclic) bond motifs is 1. The van der Waals surface area contributed by atoms with Crippen molar-refractivity contribution in [2.24, 2.45) is 5.92 Å². The molecule has 0 aromatic heterocycles. The highest BCUT2D eigenvalue weighted by atomic mass is 16.5. The Labute approximate surface area is 128 Å². The minimum absolute atomic E-state index is 0.373. The molecular weight excluding hydrogens is 258 g/mol. The maximum atomic E-state index is 6.15. The van der Waals surface area contributed by atoms with Gasteiger partial charge < -0.3 is 4.74 Å². The molecule has 1 aromatic carbocycles. The molecule has 0 bridgehead atoms. The Morgan fingerprint density at radius 3 is 2.57 bits per heavy atom. The van der Waals surface area contributed by atoms with Gasteiger partial charge in [0.25, 0.3) is 0 Å². The van der Waals surface area contributed by atoms with Crippen molar-refractivity contribution in [3.05, 3.63) is 35.4 Å². The van der Waals surface area contributed by atoms with Crippen LogP contribution < -0.4 is 0 Å². The average Bonchev–Trinajstić information content (AvgIpc) is 3.08. The fourth-order valence-electron chi connectivity index (χ4n) is 4.72. The second-order valence-electron chi connectivity index (χ2n) is 7.00. The standard InChI is InChI=1S/C19H27NO/c1-2-9-16(8-1)19-17-10-4-3-7-15(17)12-13-20(19)18-11-5-6-14-21-18/h3-4,7,10,16,18-19H,1-2,5-6,8-9,11-14H2. The molecule has 2 unspecified atom stereocenters. The lowest BCUT2D eigenvalue weighted by Crippen LogP contribution is -2.47. The normalized spacial score (nSPS) is 31.2. The fraction of sp³-hybridized carbons (Fsp3) is 0.684. The van der Waals surface area contributed by atoms with Crippen molar-refractivity contribution in [2.75, 3.05) is 13.2 Å². The van der Waals surface area contributed by atoms with Crippen LogP contribution in [0.5, 0.6) is 0 Å². The van der Waals surface area contributed by atoms with Gasteiger partial charge >= 0.3 is 0 Å². The number of benzene rings is 1. The maximum absolute atomic E-state index is 6.15. The van der Waals surface area contributed by atoms with Crippen LogP contribution in [0.25, 0.3) is 0 Å². The van der Waals surface area contributed by atoms with Gasteiger partial charge in [-0.05, 0) is 55.6 Å². The van der Waals surface area contributed by atoms with Crippen molar-refractivity contribution >= 4 is 0 Å². The van der Waals surface area contributed by atoms with E-state index in [4.69, 9.17) is 4.74 Å². The quantitative estimate of drug-likeness (QED) is 0.803. The lowest BCUT2D eigenvalue weighted by Gasteiger charge is -2.45. The summed E-state index contributed by atoms with van der Waals surface area (Å²) >= 11 is 0. The van der Waals surface area contributed by atoms with Gasteiger partial charge in [-0.2, -0.15) is 0 Å². The monoisotopic (exact) mass is 285 g/mol. The van der Waals surface area contributed by atoms with Crippen LogP contribution in [0.2, 0.25) is 0 Å². The van der Waals surface area contributed by atoms with Gasteiger partial charge in [-0.1, -0.05) is 37.1 Å². The van der Waals surface area contributed by atoms with Crippen LogP contribution >= 0.6 is 0 Å². The molecule has 4 rings (SSSR count). The van der Waals surface area contributed by atoms with Gasteiger partial charge in [-0.25, -0.2) is 0 Å². The third-order valence-corrected chi connectivity index (χ3v) is 5.74. The Bertz CT molecular complexity index is 474. The first-order valence-corrected chi connectivity index (χ1v) is 8.88. The molecule has 2 atom stereocenters. The van der Waals surface area contributed by atoms with Crippen LogP contribution in [0, 0.1) is 5.92 Å². The molecule has 2 fully saturated rings. The first-order valence-electron chi connectivity index (χ1n) is 8.88. The molecule has 3 aliphatic rings.